The summed E-state index contributed by atoms with van der Waals surface area (Å²) in [6, 6.07) is 3.27. The van der Waals surface area contributed by atoms with Crippen LogP contribution in [0.15, 0.2) is 12.1 Å². The number of methoxy groups -OCH3 is 1. The number of rotatable bonds is 2. The van der Waals surface area contributed by atoms with Crippen molar-refractivity contribution in [2.75, 3.05) is 20.2 Å². The van der Waals surface area contributed by atoms with Crippen molar-refractivity contribution in [3.8, 4) is 5.75 Å². The number of nitrogens with one attached hydrogen (secondary N) is 1. The zero-order valence-electron chi connectivity index (χ0n) is 9.22. The molecular weight excluding hydrogens is 229 g/mol. The SMILES string of the molecule is COc1ccc(Cl)c(C2CCCNC2)c1F. The van der Waals surface area contributed by atoms with Gasteiger partial charge < -0.3 is 10.1 Å². The topological polar surface area (TPSA) is 21.3 Å². The van der Waals surface area contributed by atoms with E-state index in [1.807, 2.05) is 0 Å². The lowest BCUT2D eigenvalue weighted by Crippen LogP contribution is -2.29. The van der Waals surface area contributed by atoms with Crippen molar-refractivity contribution in [2.24, 2.45) is 0 Å². The quantitative estimate of drug-likeness (QED) is 0.862. The molecule has 1 saturated heterocycles. The van der Waals surface area contributed by atoms with Gasteiger partial charge in [0.2, 0.25) is 0 Å². The van der Waals surface area contributed by atoms with E-state index < -0.39 is 0 Å². The highest BCUT2D eigenvalue weighted by Gasteiger charge is 2.23. The van der Waals surface area contributed by atoms with E-state index in [1.165, 1.54) is 7.11 Å². The van der Waals surface area contributed by atoms with Crippen LogP contribution in [0.4, 0.5) is 4.39 Å². The summed E-state index contributed by atoms with van der Waals surface area (Å²) >= 11 is 6.07. The van der Waals surface area contributed by atoms with Crippen LogP contribution in [0.5, 0.6) is 5.75 Å². The largest absolute Gasteiger partial charge is 0.494 e. The standard InChI is InChI=1S/C12H15ClFNO/c1-16-10-5-4-9(13)11(12(10)14)8-3-2-6-15-7-8/h4-5,8,15H,2-3,6-7H2,1H3. The van der Waals surface area contributed by atoms with Gasteiger partial charge in [-0.2, -0.15) is 0 Å². The van der Waals surface area contributed by atoms with Gasteiger partial charge in [-0.15, -0.1) is 0 Å². The third kappa shape index (κ3) is 2.15. The van der Waals surface area contributed by atoms with Crippen LogP contribution in [0.3, 0.4) is 0 Å². The van der Waals surface area contributed by atoms with Crippen molar-refractivity contribution >= 4 is 11.6 Å². The van der Waals surface area contributed by atoms with Crippen molar-refractivity contribution in [2.45, 2.75) is 18.8 Å². The summed E-state index contributed by atoms with van der Waals surface area (Å²) in [4.78, 5) is 0. The van der Waals surface area contributed by atoms with Crippen LogP contribution in [-0.2, 0) is 0 Å². The molecule has 0 amide bonds. The van der Waals surface area contributed by atoms with Crippen LogP contribution in [-0.4, -0.2) is 20.2 Å². The molecule has 1 fully saturated rings. The Labute approximate surface area is 99.7 Å². The summed E-state index contributed by atoms with van der Waals surface area (Å²) in [5, 5.41) is 3.75. The number of hydrogen-bond donors (Lipinski definition) is 1. The highest BCUT2D eigenvalue weighted by molar-refractivity contribution is 6.31. The Morgan fingerprint density at radius 1 is 1.50 bits per heavy atom. The second-order valence-electron chi connectivity index (χ2n) is 4.02. The van der Waals surface area contributed by atoms with Crippen molar-refractivity contribution in [3.05, 3.63) is 28.5 Å². The van der Waals surface area contributed by atoms with Gasteiger partial charge in [-0.25, -0.2) is 4.39 Å². The van der Waals surface area contributed by atoms with E-state index in [4.69, 9.17) is 16.3 Å². The molecule has 16 heavy (non-hydrogen) atoms. The lowest BCUT2D eigenvalue weighted by atomic mass is 9.91. The monoisotopic (exact) mass is 243 g/mol. The van der Waals surface area contributed by atoms with Crippen LogP contribution in [0, 0.1) is 5.82 Å². The minimum absolute atomic E-state index is 0.149. The van der Waals surface area contributed by atoms with E-state index >= 15 is 0 Å². The Hall–Kier alpha value is -0.800. The van der Waals surface area contributed by atoms with Crippen LogP contribution < -0.4 is 10.1 Å². The van der Waals surface area contributed by atoms with Gasteiger partial charge in [0.05, 0.1) is 7.11 Å². The first-order valence-electron chi connectivity index (χ1n) is 5.46. The molecule has 1 aliphatic heterocycles. The summed E-state index contributed by atoms with van der Waals surface area (Å²) in [5.74, 6) is 0.102. The molecule has 1 aromatic carbocycles. The number of hydrogen-bond acceptors (Lipinski definition) is 2. The predicted octanol–water partition coefficient (Wildman–Crippen LogP) is 2.95. The molecule has 1 aromatic rings. The molecule has 0 bridgehead atoms. The van der Waals surface area contributed by atoms with Crippen LogP contribution in [0.25, 0.3) is 0 Å². The molecule has 1 N–H and O–H groups in total. The van der Waals surface area contributed by atoms with E-state index in [0.29, 0.717) is 10.6 Å². The number of halogens is 2. The molecular formula is C12H15ClFNO. The molecule has 2 nitrogen and oxygen atoms in total. The Morgan fingerprint density at radius 2 is 2.31 bits per heavy atom. The van der Waals surface area contributed by atoms with E-state index in [-0.39, 0.29) is 17.5 Å². The maximum atomic E-state index is 14.1. The third-order valence-corrected chi connectivity index (χ3v) is 3.35. The summed E-state index contributed by atoms with van der Waals surface area (Å²) in [5.41, 5.74) is 0.591. The Balaban J connectivity index is 2.37. The van der Waals surface area contributed by atoms with Crippen molar-refractivity contribution in [1.29, 1.82) is 0 Å². The van der Waals surface area contributed by atoms with Gasteiger partial charge >= 0.3 is 0 Å². The van der Waals surface area contributed by atoms with Gasteiger partial charge in [-0.3, -0.25) is 0 Å². The summed E-state index contributed by atoms with van der Waals surface area (Å²) in [6.07, 6.45) is 2.02. The van der Waals surface area contributed by atoms with Gasteiger partial charge in [-0.05, 0) is 31.5 Å². The maximum absolute atomic E-state index is 14.1. The minimum Gasteiger partial charge on any atom is -0.494 e. The molecule has 88 valence electrons. The van der Waals surface area contributed by atoms with Crippen LogP contribution in [0.2, 0.25) is 5.02 Å². The molecule has 2 rings (SSSR count). The third-order valence-electron chi connectivity index (χ3n) is 3.02. The first-order valence-corrected chi connectivity index (χ1v) is 5.84. The van der Waals surface area contributed by atoms with Crippen molar-refractivity contribution in [1.82, 2.24) is 5.32 Å². The Bertz CT molecular complexity index is 378. The van der Waals surface area contributed by atoms with Crippen molar-refractivity contribution in [3.63, 3.8) is 0 Å². The zero-order chi connectivity index (χ0) is 11.5. The molecule has 0 saturated carbocycles. The average Bonchev–Trinajstić information content (AvgIpc) is 2.31. The van der Waals surface area contributed by atoms with E-state index in [2.05, 4.69) is 5.32 Å². The van der Waals surface area contributed by atoms with Gasteiger partial charge in [0.15, 0.2) is 11.6 Å². The maximum Gasteiger partial charge on any atom is 0.170 e. The summed E-state index contributed by atoms with van der Waals surface area (Å²) in [6.45, 7) is 1.78. The molecule has 0 aromatic heterocycles. The van der Waals surface area contributed by atoms with Gasteiger partial charge in [0, 0.05) is 23.0 Å². The van der Waals surface area contributed by atoms with Gasteiger partial charge in [0.25, 0.3) is 0 Å². The minimum atomic E-state index is -0.316. The Kier molecular flexibility index (Phi) is 3.66. The predicted molar refractivity (Wildman–Crippen MR) is 62.8 cm³/mol. The molecule has 1 unspecified atom stereocenters. The fourth-order valence-corrected chi connectivity index (χ4v) is 2.48. The van der Waals surface area contributed by atoms with Crippen LogP contribution in [0.1, 0.15) is 24.3 Å². The number of benzene rings is 1. The average molecular weight is 244 g/mol. The fraction of sp³-hybridized carbons (Fsp3) is 0.500. The molecule has 4 heteroatoms. The highest BCUT2D eigenvalue weighted by atomic mass is 35.5. The summed E-state index contributed by atoms with van der Waals surface area (Å²) < 4.78 is 19.1. The van der Waals surface area contributed by atoms with E-state index in [0.717, 1.165) is 25.9 Å². The molecule has 0 radical (unpaired) electrons. The van der Waals surface area contributed by atoms with Crippen LogP contribution >= 0.6 is 11.6 Å². The summed E-state index contributed by atoms with van der Waals surface area (Å²) in [7, 11) is 1.47. The van der Waals surface area contributed by atoms with E-state index in [9.17, 15) is 4.39 Å². The lowest BCUT2D eigenvalue weighted by Gasteiger charge is -2.24. The van der Waals surface area contributed by atoms with Gasteiger partial charge in [0.1, 0.15) is 0 Å². The fourth-order valence-electron chi connectivity index (χ4n) is 2.18. The number of piperidine rings is 1. The lowest BCUT2D eigenvalue weighted by molar-refractivity contribution is 0.376. The Morgan fingerprint density at radius 3 is 2.94 bits per heavy atom. The number of ether oxygens (including phenoxy) is 1. The van der Waals surface area contributed by atoms with Gasteiger partial charge in [-0.1, -0.05) is 11.6 Å². The normalized spacial score (nSPS) is 20.8. The molecule has 0 aliphatic carbocycles. The smallest absolute Gasteiger partial charge is 0.170 e. The second-order valence-corrected chi connectivity index (χ2v) is 4.43. The van der Waals surface area contributed by atoms with E-state index in [1.54, 1.807) is 12.1 Å². The molecule has 0 spiro atoms. The molecule has 1 heterocycles. The van der Waals surface area contributed by atoms with Crippen molar-refractivity contribution < 1.29 is 9.13 Å². The highest BCUT2D eigenvalue weighted by Crippen LogP contribution is 2.35. The zero-order valence-corrected chi connectivity index (χ0v) is 9.98. The molecule has 1 aliphatic rings. The molecule has 1 atom stereocenters. The first-order chi connectivity index (χ1) is 7.74. The first kappa shape index (κ1) is 11.7. The second kappa shape index (κ2) is 5.02.